The molecule has 0 aliphatic carbocycles. The Labute approximate surface area is 208 Å². The number of fused-ring (bicyclic) bond motifs is 3. The van der Waals surface area contributed by atoms with E-state index in [1.807, 2.05) is 0 Å². The Bertz CT molecular complexity index is 1520. The molecule has 1 aliphatic rings. The molecule has 35 heavy (non-hydrogen) atoms. The van der Waals surface area contributed by atoms with Gasteiger partial charge in [0.25, 0.3) is 0 Å². The topological polar surface area (TPSA) is 12.0 Å². The van der Waals surface area contributed by atoms with Crippen LogP contribution in [0.2, 0.25) is 0 Å². The van der Waals surface area contributed by atoms with Crippen LogP contribution < -0.4 is 10.6 Å². The third-order valence-corrected chi connectivity index (χ3v) is 8.24. The fraction of sp³-hybridized carbons (Fsp3) is 0.0909. The first kappa shape index (κ1) is 21.8. The Kier molecular flexibility index (Phi) is 5.72. The Hall–Kier alpha value is -3.67. The van der Waals surface area contributed by atoms with E-state index < -0.39 is 0 Å². The van der Waals surface area contributed by atoms with E-state index in [0.717, 1.165) is 0 Å². The molecule has 0 aromatic heterocycles. The Balaban J connectivity index is 1.55. The quantitative estimate of drug-likeness (QED) is 0.260. The minimum atomic E-state index is -0.0894. The molecule has 1 atom stereocenters. The highest BCUT2D eigenvalue weighted by Gasteiger charge is 2.23. The molecule has 0 fully saturated rings. The summed E-state index contributed by atoms with van der Waals surface area (Å²) in [5, 5.41) is 7.82. The average Bonchev–Trinajstić information content (AvgIpc) is 2.93. The van der Waals surface area contributed by atoms with Gasteiger partial charge >= 0.3 is 0 Å². The molecule has 0 bridgehead atoms. The fourth-order valence-corrected chi connectivity index (χ4v) is 5.86. The normalized spacial score (nSPS) is 14.9. The van der Waals surface area contributed by atoms with E-state index in [0.29, 0.717) is 0 Å². The van der Waals surface area contributed by atoms with Crippen LogP contribution in [0.1, 0.15) is 22.7 Å². The molecule has 5 aromatic rings. The van der Waals surface area contributed by atoms with E-state index in [2.05, 4.69) is 140 Å². The second-order valence-corrected chi connectivity index (χ2v) is 11.6. The van der Waals surface area contributed by atoms with Crippen LogP contribution in [-0.4, -0.2) is 13.3 Å². The molecule has 6 rings (SSSR count). The Morgan fingerprint density at radius 1 is 0.600 bits per heavy atom. The molecule has 0 amide bonds. The second kappa shape index (κ2) is 9.17. The molecule has 1 N–H and O–H groups in total. The van der Waals surface area contributed by atoms with Gasteiger partial charge in [0.2, 0.25) is 0 Å². The summed E-state index contributed by atoms with van der Waals surface area (Å²) >= 11 is 0. The van der Waals surface area contributed by atoms with Crippen molar-refractivity contribution in [1.82, 2.24) is 0 Å². The van der Waals surface area contributed by atoms with E-state index in [1.165, 1.54) is 55.2 Å². The van der Waals surface area contributed by atoms with Gasteiger partial charge in [-0.15, -0.1) is 0 Å². The standard InChI is InChI=1S/C33H28NP/c1-35(2)26-18-16-24(17-19-26)27-14-9-15-29-28(27)20-21-31-33(29)30(23-10-5-3-6-11-23)22-32(34-31)25-12-7-4-8-13-25/h3-22,32,34H,1-2H3. The third-order valence-electron chi connectivity index (χ3n) is 6.91. The molecular formula is C33H28NP. The summed E-state index contributed by atoms with van der Waals surface area (Å²) in [6.45, 7) is 4.61. The fourth-order valence-electron chi connectivity index (χ4n) is 5.12. The summed E-state index contributed by atoms with van der Waals surface area (Å²) in [6.07, 6.45) is 2.39. The van der Waals surface area contributed by atoms with Crippen molar-refractivity contribution in [3.05, 3.63) is 138 Å². The highest BCUT2D eigenvalue weighted by molar-refractivity contribution is 7.64. The number of benzene rings is 5. The van der Waals surface area contributed by atoms with Gasteiger partial charge in [-0.3, -0.25) is 0 Å². The van der Waals surface area contributed by atoms with Crippen molar-refractivity contribution in [2.45, 2.75) is 6.04 Å². The number of hydrogen-bond acceptors (Lipinski definition) is 1. The smallest absolute Gasteiger partial charge is 0.0707 e. The molecule has 2 heteroatoms. The lowest BCUT2D eigenvalue weighted by molar-refractivity contribution is 0.974. The van der Waals surface area contributed by atoms with Gasteiger partial charge < -0.3 is 5.32 Å². The zero-order valence-corrected chi connectivity index (χ0v) is 21.0. The molecule has 0 spiro atoms. The summed E-state index contributed by atoms with van der Waals surface area (Å²) in [4.78, 5) is 0. The maximum atomic E-state index is 3.81. The molecule has 1 aliphatic heterocycles. The summed E-state index contributed by atoms with van der Waals surface area (Å²) in [5.41, 5.74) is 8.82. The maximum absolute atomic E-state index is 3.81. The molecular weight excluding hydrogens is 441 g/mol. The molecule has 0 saturated carbocycles. The van der Waals surface area contributed by atoms with Gasteiger partial charge in [0.05, 0.1) is 6.04 Å². The van der Waals surface area contributed by atoms with Gasteiger partial charge in [-0.1, -0.05) is 117 Å². The van der Waals surface area contributed by atoms with Crippen LogP contribution in [-0.2, 0) is 0 Å². The summed E-state index contributed by atoms with van der Waals surface area (Å²) < 4.78 is 0. The lowest BCUT2D eigenvalue weighted by atomic mass is 9.85. The van der Waals surface area contributed by atoms with Crippen LogP contribution in [0.15, 0.2) is 121 Å². The number of nitrogens with one attached hydrogen (secondary N) is 1. The van der Waals surface area contributed by atoms with Crippen LogP contribution >= 0.6 is 7.92 Å². The van der Waals surface area contributed by atoms with Crippen LogP contribution in [0.5, 0.6) is 0 Å². The molecule has 170 valence electrons. The Morgan fingerprint density at radius 2 is 1.31 bits per heavy atom. The van der Waals surface area contributed by atoms with Crippen molar-refractivity contribution < 1.29 is 0 Å². The van der Waals surface area contributed by atoms with Gasteiger partial charge in [-0.05, 0) is 69.4 Å². The van der Waals surface area contributed by atoms with Crippen LogP contribution in [0.3, 0.4) is 0 Å². The highest BCUT2D eigenvalue weighted by Crippen LogP contribution is 2.44. The lowest BCUT2D eigenvalue weighted by Gasteiger charge is -2.29. The predicted molar refractivity (Wildman–Crippen MR) is 154 cm³/mol. The van der Waals surface area contributed by atoms with Gasteiger partial charge in [0, 0.05) is 11.3 Å². The van der Waals surface area contributed by atoms with Crippen molar-refractivity contribution in [1.29, 1.82) is 0 Å². The summed E-state index contributed by atoms with van der Waals surface area (Å²) in [5.74, 6) is 0. The summed E-state index contributed by atoms with van der Waals surface area (Å²) in [6, 6.07) is 42.0. The molecule has 1 unspecified atom stereocenters. The van der Waals surface area contributed by atoms with Gasteiger partial charge in [0.15, 0.2) is 0 Å². The zero-order chi connectivity index (χ0) is 23.8. The van der Waals surface area contributed by atoms with Gasteiger partial charge in [0.1, 0.15) is 0 Å². The SMILES string of the molecule is CP(C)c1ccc(-c2cccc3c4c(ccc23)NC(c2ccccc2)C=C4c2ccccc2)cc1. The van der Waals surface area contributed by atoms with E-state index in [1.54, 1.807) is 0 Å². The highest BCUT2D eigenvalue weighted by atomic mass is 31.1. The zero-order valence-electron chi connectivity index (χ0n) is 20.1. The first-order chi connectivity index (χ1) is 17.2. The van der Waals surface area contributed by atoms with E-state index >= 15 is 0 Å². The van der Waals surface area contributed by atoms with E-state index in [9.17, 15) is 0 Å². The van der Waals surface area contributed by atoms with Gasteiger partial charge in [-0.2, -0.15) is 0 Å². The molecule has 5 aromatic carbocycles. The lowest BCUT2D eigenvalue weighted by Crippen LogP contribution is -2.15. The van der Waals surface area contributed by atoms with Crippen molar-refractivity contribution in [2.75, 3.05) is 18.6 Å². The monoisotopic (exact) mass is 469 g/mol. The maximum Gasteiger partial charge on any atom is 0.0707 e. The van der Waals surface area contributed by atoms with E-state index in [4.69, 9.17) is 0 Å². The van der Waals surface area contributed by atoms with Crippen molar-refractivity contribution in [3.8, 4) is 11.1 Å². The van der Waals surface area contributed by atoms with Crippen molar-refractivity contribution in [3.63, 3.8) is 0 Å². The van der Waals surface area contributed by atoms with Crippen LogP contribution in [0, 0.1) is 0 Å². The predicted octanol–water partition coefficient (Wildman–Crippen LogP) is 8.47. The van der Waals surface area contributed by atoms with Crippen molar-refractivity contribution in [2.24, 2.45) is 0 Å². The number of anilines is 1. The first-order valence-electron chi connectivity index (χ1n) is 12.1. The van der Waals surface area contributed by atoms with E-state index in [-0.39, 0.29) is 14.0 Å². The van der Waals surface area contributed by atoms with Crippen LogP contribution in [0.25, 0.3) is 27.5 Å². The summed E-state index contributed by atoms with van der Waals surface area (Å²) in [7, 11) is -0.0894. The molecule has 0 radical (unpaired) electrons. The number of hydrogen-bond donors (Lipinski definition) is 1. The molecule has 1 nitrogen and oxygen atoms in total. The largest absolute Gasteiger partial charge is 0.374 e. The molecule has 0 saturated heterocycles. The van der Waals surface area contributed by atoms with Crippen LogP contribution in [0.4, 0.5) is 5.69 Å². The number of rotatable bonds is 4. The average molecular weight is 470 g/mol. The second-order valence-electron chi connectivity index (χ2n) is 9.31. The van der Waals surface area contributed by atoms with Gasteiger partial charge in [-0.25, -0.2) is 0 Å². The minimum Gasteiger partial charge on any atom is -0.374 e. The minimum absolute atomic E-state index is 0.0894. The Morgan fingerprint density at radius 3 is 2.03 bits per heavy atom. The first-order valence-corrected chi connectivity index (χ1v) is 14.4. The third kappa shape index (κ3) is 4.07. The molecule has 1 heterocycles. The van der Waals surface area contributed by atoms with Crippen molar-refractivity contribution >= 4 is 35.3 Å².